The fourth-order valence-corrected chi connectivity index (χ4v) is 3.67. The fourth-order valence-electron chi connectivity index (χ4n) is 3.67. The number of aromatic nitrogens is 4. The van der Waals surface area contributed by atoms with Gasteiger partial charge < -0.3 is 15.4 Å². The second kappa shape index (κ2) is 10.6. The van der Waals surface area contributed by atoms with E-state index in [1.54, 1.807) is 65.2 Å². The molecule has 0 saturated heterocycles. The minimum Gasteiger partial charge on any atom is -0.471 e. The Morgan fingerprint density at radius 2 is 1.35 bits per heavy atom. The SMILES string of the molecule is Cn1ccc(C(=O)Nc2cccc(NC(=O)c3ccn(COc4ccc(-c5ccccc5)cc4)n3)c2)n1. The molecule has 2 heterocycles. The highest BCUT2D eigenvalue weighted by Gasteiger charge is 2.12. The van der Waals surface area contributed by atoms with Gasteiger partial charge in [-0.2, -0.15) is 10.2 Å². The van der Waals surface area contributed by atoms with Gasteiger partial charge in [-0.25, -0.2) is 4.68 Å². The lowest BCUT2D eigenvalue weighted by molar-refractivity contribution is 0.101. The number of ether oxygens (including phenoxy) is 1. The first-order chi connectivity index (χ1) is 18.0. The van der Waals surface area contributed by atoms with E-state index in [4.69, 9.17) is 4.74 Å². The molecule has 2 amide bonds. The maximum atomic E-state index is 12.7. The molecule has 0 aliphatic carbocycles. The molecule has 0 spiro atoms. The minimum absolute atomic E-state index is 0.160. The van der Waals surface area contributed by atoms with Crippen molar-refractivity contribution in [2.45, 2.75) is 6.73 Å². The number of hydrogen-bond donors (Lipinski definition) is 2. The molecule has 9 heteroatoms. The Labute approximate surface area is 213 Å². The summed E-state index contributed by atoms with van der Waals surface area (Å²) in [5.74, 6) is -0.0116. The Kier molecular flexibility index (Phi) is 6.76. The number of nitrogens with zero attached hydrogens (tertiary/aromatic N) is 4. The molecule has 2 aromatic heterocycles. The summed E-state index contributed by atoms with van der Waals surface area (Å²) in [5.41, 5.74) is 3.84. The number of hydrogen-bond acceptors (Lipinski definition) is 5. The quantitative estimate of drug-likeness (QED) is 0.323. The van der Waals surface area contributed by atoms with Crippen molar-refractivity contribution >= 4 is 23.2 Å². The first-order valence-corrected chi connectivity index (χ1v) is 11.6. The van der Waals surface area contributed by atoms with Gasteiger partial charge in [0.25, 0.3) is 11.8 Å². The summed E-state index contributed by atoms with van der Waals surface area (Å²) in [5, 5.41) is 14.0. The van der Waals surface area contributed by atoms with Gasteiger partial charge in [-0.3, -0.25) is 14.3 Å². The molecule has 0 aliphatic rings. The number of benzene rings is 3. The number of anilines is 2. The highest BCUT2D eigenvalue weighted by Crippen LogP contribution is 2.22. The normalized spacial score (nSPS) is 10.6. The van der Waals surface area contributed by atoms with Crippen LogP contribution in [0.25, 0.3) is 11.1 Å². The third-order valence-electron chi connectivity index (χ3n) is 5.52. The van der Waals surface area contributed by atoms with Gasteiger partial charge in [-0.05, 0) is 53.6 Å². The van der Waals surface area contributed by atoms with Crippen LogP contribution >= 0.6 is 0 Å². The molecule has 3 aromatic carbocycles. The van der Waals surface area contributed by atoms with Crippen molar-refractivity contribution in [2.24, 2.45) is 7.05 Å². The number of carbonyl (C=O) groups is 2. The van der Waals surface area contributed by atoms with E-state index in [-0.39, 0.29) is 24.2 Å². The molecular formula is C28H24N6O3. The van der Waals surface area contributed by atoms with Crippen molar-refractivity contribution in [3.63, 3.8) is 0 Å². The molecule has 0 aliphatic heterocycles. The first kappa shape index (κ1) is 23.6. The number of amides is 2. The van der Waals surface area contributed by atoms with Crippen LogP contribution in [0, 0.1) is 0 Å². The molecule has 0 saturated carbocycles. The Balaban J connectivity index is 1.16. The van der Waals surface area contributed by atoms with Gasteiger partial charge in [0, 0.05) is 30.8 Å². The second-order valence-corrected chi connectivity index (χ2v) is 8.27. The predicted octanol–water partition coefficient (Wildman–Crippen LogP) is 4.82. The van der Waals surface area contributed by atoms with Crippen molar-refractivity contribution in [2.75, 3.05) is 10.6 Å². The molecule has 0 bridgehead atoms. The van der Waals surface area contributed by atoms with Crippen LogP contribution in [0.3, 0.4) is 0 Å². The van der Waals surface area contributed by atoms with Gasteiger partial charge in [0.1, 0.15) is 5.75 Å². The van der Waals surface area contributed by atoms with E-state index in [2.05, 4.69) is 33.0 Å². The van der Waals surface area contributed by atoms with E-state index in [9.17, 15) is 9.59 Å². The van der Waals surface area contributed by atoms with E-state index in [0.717, 1.165) is 11.1 Å². The van der Waals surface area contributed by atoms with Crippen LogP contribution in [0.15, 0.2) is 103 Å². The molecule has 0 fully saturated rings. The molecule has 2 N–H and O–H groups in total. The third-order valence-corrected chi connectivity index (χ3v) is 5.52. The Morgan fingerprint density at radius 3 is 2.00 bits per heavy atom. The summed E-state index contributed by atoms with van der Waals surface area (Å²) >= 11 is 0. The number of carbonyl (C=O) groups excluding carboxylic acids is 2. The maximum Gasteiger partial charge on any atom is 0.276 e. The average Bonchev–Trinajstić information content (AvgIpc) is 3.58. The predicted molar refractivity (Wildman–Crippen MR) is 140 cm³/mol. The highest BCUT2D eigenvalue weighted by atomic mass is 16.5. The van der Waals surface area contributed by atoms with Crippen molar-refractivity contribution in [1.82, 2.24) is 19.6 Å². The molecule has 5 aromatic rings. The lowest BCUT2D eigenvalue weighted by atomic mass is 10.1. The summed E-state index contributed by atoms with van der Waals surface area (Å²) < 4.78 is 8.90. The smallest absolute Gasteiger partial charge is 0.276 e. The molecule has 5 rings (SSSR count). The van der Waals surface area contributed by atoms with Gasteiger partial charge in [0.05, 0.1) is 0 Å². The van der Waals surface area contributed by atoms with Crippen molar-refractivity contribution in [3.05, 3.63) is 115 Å². The Morgan fingerprint density at radius 1 is 0.730 bits per heavy atom. The molecule has 0 radical (unpaired) electrons. The molecule has 0 atom stereocenters. The average molecular weight is 493 g/mol. The summed E-state index contributed by atoms with van der Waals surface area (Å²) in [6.45, 7) is 0.160. The van der Waals surface area contributed by atoms with Crippen LogP contribution in [0.5, 0.6) is 5.75 Å². The number of aryl methyl sites for hydroxylation is 1. The number of rotatable bonds is 8. The lowest BCUT2D eigenvalue weighted by Crippen LogP contribution is -2.15. The van der Waals surface area contributed by atoms with E-state index in [1.807, 2.05) is 42.5 Å². The largest absolute Gasteiger partial charge is 0.471 e. The summed E-state index contributed by atoms with van der Waals surface area (Å²) in [6.07, 6.45) is 3.37. The van der Waals surface area contributed by atoms with Gasteiger partial charge in [0.2, 0.25) is 0 Å². The van der Waals surface area contributed by atoms with Gasteiger partial charge in [-0.15, -0.1) is 0 Å². The zero-order chi connectivity index (χ0) is 25.6. The van der Waals surface area contributed by atoms with E-state index in [0.29, 0.717) is 22.8 Å². The zero-order valence-electron chi connectivity index (χ0n) is 20.0. The Hall–Kier alpha value is -5.18. The fraction of sp³-hybridized carbons (Fsp3) is 0.0714. The van der Waals surface area contributed by atoms with Gasteiger partial charge in [-0.1, -0.05) is 48.5 Å². The van der Waals surface area contributed by atoms with Crippen molar-refractivity contribution in [1.29, 1.82) is 0 Å². The molecular weight excluding hydrogens is 468 g/mol. The molecule has 184 valence electrons. The summed E-state index contributed by atoms with van der Waals surface area (Å²) in [7, 11) is 1.74. The van der Waals surface area contributed by atoms with E-state index in [1.165, 1.54) is 0 Å². The van der Waals surface area contributed by atoms with Crippen LogP contribution in [-0.4, -0.2) is 31.4 Å². The molecule has 0 unspecified atom stereocenters. The molecule has 9 nitrogen and oxygen atoms in total. The first-order valence-electron chi connectivity index (χ1n) is 11.6. The van der Waals surface area contributed by atoms with Crippen molar-refractivity contribution in [3.8, 4) is 16.9 Å². The van der Waals surface area contributed by atoms with Crippen LogP contribution in [-0.2, 0) is 13.8 Å². The standard InChI is InChI=1S/C28H24N6O3/c1-33-16-14-25(31-33)27(35)29-22-8-5-9-23(18-22)30-28(36)26-15-17-34(32-26)19-37-24-12-10-21(11-13-24)20-6-3-2-4-7-20/h2-18H,19H2,1H3,(H,29,35)(H,30,36). The topological polar surface area (TPSA) is 103 Å². The summed E-state index contributed by atoms with van der Waals surface area (Å²) in [4.78, 5) is 25.0. The summed E-state index contributed by atoms with van der Waals surface area (Å²) in [6, 6.07) is 28.0. The van der Waals surface area contributed by atoms with Crippen LogP contribution in [0.1, 0.15) is 21.0 Å². The van der Waals surface area contributed by atoms with Gasteiger partial charge >= 0.3 is 0 Å². The van der Waals surface area contributed by atoms with Crippen LogP contribution in [0.2, 0.25) is 0 Å². The van der Waals surface area contributed by atoms with Crippen LogP contribution < -0.4 is 15.4 Å². The van der Waals surface area contributed by atoms with Crippen molar-refractivity contribution < 1.29 is 14.3 Å². The van der Waals surface area contributed by atoms with E-state index >= 15 is 0 Å². The van der Waals surface area contributed by atoms with E-state index < -0.39 is 0 Å². The lowest BCUT2D eigenvalue weighted by Gasteiger charge is -2.08. The van der Waals surface area contributed by atoms with Crippen LogP contribution in [0.4, 0.5) is 11.4 Å². The Bertz CT molecular complexity index is 1520. The molecule has 37 heavy (non-hydrogen) atoms. The van der Waals surface area contributed by atoms with Gasteiger partial charge in [0.15, 0.2) is 18.1 Å². The second-order valence-electron chi connectivity index (χ2n) is 8.27. The monoisotopic (exact) mass is 492 g/mol. The minimum atomic E-state index is -0.376. The number of nitrogens with one attached hydrogen (secondary N) is 2. The third kappa shape index (κ3) is 5.91. The maximum absolute atomic E-state index is 12.7. The highest BCUT2D eigenvalue weighted by molar-refractivity contribution is 6.05. The zero-order valence-corrected chi connectivity index (χ0v) is 20.0.